The number of amides is 1. The van der Waals surface area contributed by atoms with Gasteiger partial charge >= 0.3 is 0 Å². The van der Waals surface area contributed by atoms with Crippen LogP contribution in [0.1, 0.15) is 15.9 Å². The van der Waals surface area contributed by atoms with Gasteiger partial charge in [0.2, 0.25) is 0 Å². The molecule has 3 aromatic heterocycles. The lowest BCUT2D eigenvalue weighted by atomic mass is 10.00. The largest absolute Gasteiger partial charge is 0.508 e. The van der Waals surface area contributed by atoms with Crippen LogP contribution in [0.4, 0.5) is 5.82 Å². The molecular weight excluding hydrogens is 404 g/mol. The highest BCUT2D eigenvalue weighted by atomic mass is 16.3. The third-order valence-corrected chi connectivity index (χ3v) is 5.64. The zero-order valence-corrected chi connectivity index (χ0v) is 17.5. The predicted octanol–water partition coefficient (Wildman–Crippen LogP) is 3.38. The second kappa shape index (κ2) is 7.73. The van der Waals surface area contributed by atoms with Gasteiger partial charge in [0.1, 0.15) is 11.6 Å². The fourth-order valence-corrected chi connectivity index (χ4v) is 3.99. The maximum Gasteiger partial charge on any atom is 0.253 e. The molecule has 0 radical (unpaired) electrons. The fourth-order valence-electron chi connectivity index (χ4n) is 3.99. The number of aromatic amines is 1. The molecule has 0 unspecified atom stereocenters. The van der Waals surface area contributed by atoms with E-state index in [9.17, 15) is 9.90 Å². The van der Waals surface area contributed by atoms with Crippen molar-refractivity contribution in [3.05, 3.63) is 72.2 Å². The van der Waals surface area contributed by atoms with Crippen molar-refractivity contribution >= 4 is 33.5 Å². The van der Waals surface area contributed by atoms with Crippen molar-refractivity contribution in [3.8, 4) is 16.9 Å². The number of carbonyl (C=O) groups is 1. The summed E-state index contributed by atoms with van der Waals surface area (Å²) in [5.41, 5.74) is 11.0. The lowest BCUT2D eigenvalue weighted by molar-refractivity contribution is 0.0955. The number of hydrogen-bond acceptors (Lipinski definition) is 5. The lowest BCUT2D eigenvalue weighted by Crippen LogP contribution is -2.26. The Hall–Kier alpha value is -4.33. The van der Waals surface area contributed by atoms with Crippen LogP contribution in [0.2, 0.25) is 0 Å². The van der Waals surface area contributed by atoms with Gasteiger partial charge in [-0.3, -0.25) is 9.89 Å². The van der Waals surface area contributed by atoms with Gasteiger partial charge < -0.3 is 20.7 Å². The maximum atomic E-state index is 13.1. The van der Waals surface area contributed by atoms with E-state index < -0.39 is 0 Å². The number of fused-ring (bicyclic) bond motifs is 2. The molecule has 5 N–H and O–H groups in total. The minimum absolute atomic E-state index is 0.179. The third kappa shape index (κ3) is 3.51. The van der Waals surface area contributed by atoms with E-state index in [0.717, 1.165) is 33.0 Å². The summed E-state index contributed by atoms with van der Waals surface area (Å²) < 4.78 is 1.99. The molecule has 1 amide bonds. The first kappa shape index (κ1) is 19.6. The van der Waals surface area contributed by atoms with Crippen molar-refractivity contribution in [2.45, 2.75) is 6.42 Å². The highest BCUT2D eigenvalue weighted by Gasteiger charge is 2.17. The van der Waals surface area contributed by atoms with Gasteiger partial charge in [0.25, 0.3) is 5.91 Å². The van der Waals surface area contributed by atoms with Crippen LogP contribution in [0.5, 0.6) is 5.75 Å². The summed E-state index contributed by atoms with van der Waals surface area (Å²) in [6, 6.07) is 12.7. The molecule has 5 rings (SSSR count). The summed E-state index contributed by atoms with van der Waals surface area (Å²) in [5.74, 6) is 0.491. The van der Waals surface area contributed by atoms with Crippen LogP contribution < -0.4 is 11.1 Å². The van der Waals surface area contributed by atoms with E-state index in [4.69, 9.17) is 5.73 Å². The normalized spacial score (nSPS) is 11.3. The molecule has 0 bridgehead atoms. The average molecular weight is 426 g/mol. The van der Waals surface area contributed by atoms with Crippen LogP contribution in [0.15, 0.2) is 61.1 Å². The van der Waals surface area contributed by atoms with Gasteiger partial charge in [0, 0.05) is 36.1 Å². The molecule has 0 spiro atoms. The van der Waals surface area contributed by atoms with Crippen molar-refractivity contribution < 1.29 is 9.90 Å². The molecule has 5 aromatic rings. The van der Waals surface area contributed by atoms with Gasteiger partial charge in [0.15, 0.2) is 0 Å². The first-order valence-corrected chi connectivity index (χ1v) is 10.2. The molecule has 0 aliphatic rings. The van der Waals surface area contributed by atoms with Crippen LogP contribution in [0, 0.1) is 0 Å². The number of phenolic OH excluding ortho intramolecular Hbond substituents is 1. The Labute approximate surface area is 183 Å². The van der Waals surface area contributed by atoms with E-state index in [-0.39, 0.29) is 11.7 Å². The minimum Gasteiger partial charge on any atom is -0.508 e. The zero-order valence-electron chi connectivity index (χ0n) is 17.5. The Morgan fingerprint density at radius 2 is 2.00 bits per heavy atom. The van der Waals surface area contributed by atoms with Gasteiger partial charge in [-0.05, 0) is 47.9 Å². The van der Waals surface area contributed by atoms with Crippen molar-refractivity contribution in [1.29, 1.82) is 0 Å². The lowest BCUT2D eigenvalue weighted by Gasteiger charge is -2.09. The van der Waals surface area contributed by atoms with Crippen LogP contribution >= 0.6 is 0 Å². The summed E-state index contributed by atoms with van der Waals surface area (Å²) in [4.78, 5) is 17.3. The van der Waals surface area contributed by atoms with E-state index in [1.54, 1.807) is 24.5 Å². The number of H-pyrrole nitrogens is 1. The number of nitrogen functional groups attached to an aromatic ring is 1. The van der Waals surface area contributed by atoms with Gasteiger partial charge in [-0.2, -0.15) is 5.10 Å². The Morgan fingerprint density at radius 3 is 2.81 bits per heavy atom. The molecule has 0 aliphatic carbocycles. The van der Waals surface area contributed by atoms with E-state index in [0.29, 0.717) is 29.9 Å². The van der Waals surface area contributed by atoms with E-state index in [2.05, 4.69) is 20.5 Å². The molecule has 0 atom stereocenters. The minimum atomic E-state index is -0.179. The Bertz CT molecular complexity index is 1450. The highest BCUT2D eigenvalue weighted by Crippen LogP contribution is 2.33. The predicted molar refractivity (Wildman–Crippen MR) is 124 cm³/mol. The molecule has 3 heterocycles. The zero-order chi connectivity index (χ0) is 22.2. The molecule has 2 aromatic carbocycles. The molecule has 0 fully saturated rings. The summed E-state index contributed by atoms with van der Waals surface area (Å²) in [6.07, 6.45) is 6.14. The van der Waals surface area contributed by atoms with Gasteiger partial charge in [-0.15, -0.1) is 0 Å². The number of nitrogens with zero attached hydrogens (tertiary/aromatic N) is 3. The summed E-state index contributed by atoms with van der Waals surface area (Å²) in [6.45, 7) is 0.472. The Kier molecular flexibility index (Phi) is 4.74. The van der Waals surface area contributed by atoms with Crippen LogP contribution in [0.3, 0.4) is 0 Å². The fraction of sp³-hybridized carbons (Fsp3) is 0.125. The number of nitrogens with one attached hydrogen (secondary N) is 2. The van der Waals surface area contributed by atoms with E-state index in [1.807, 2.05) is 48.1 Å². The molecule has 0 aliphatic heterocycles. The number of aromatic nitrogens is 4. The summed E-state index contributed by atoms with van der Waals surface area (Å²) in [5, 5.41) is 21.3. The van der Waals surface area contributed by atoms with Crippen molar-refractivity contribution in [2.75, 3.05) is 12.3 Å². The quantitative estimate of drug-likeness (QED) is 0.343. The van der Waals surface area contributed by atoms with Crippen molar-refractivity contribution in [2.24, 2.45) is 7.05 Å². The number of carbonyl (C=O) groups excluding carboxylic acids is 1. The number of nitrogens with two attached hydrogens (primary N) is 1. The first-order chi connectivity index (χ1) is 15.5. The van der Waals surface area contributed by atoms with Crippen molar-refractivity contribution in [3.63, 3.8) is 0 Å². The number of phenols is 1. The van der Waals surface area contributed by atoms with Gasteiger partial charge in [0.05, 0.1) is 29.0 Å². The highest BCUT2D eigenvalue weighted by molar-refractivity contribution is 6.08. The van der Waals surface area contributed by atoms with E-state index >= 15 is 0 Å². The maximum absolute atomic E-state index is 13.1. The molecule has 8 nitrogen and oxygen atoms in total. The summed E-state index contributed by atoms with van der Waals surface area (Å²) in [7, 11) is 1.96. The monoisotopic (exact) mass is 426 g/mol. The first-order valence-electron chi connectivity index (χ1n) is 10.2. The number of benzene rings is 2. The number of hydrogen-bond donors (Lipinski definition) is 4. The Morgan fingerprint density at radius 1 is 1.19 bits per heavy atom. The van der Waals surface area contributed by atoms with Crippen LogP contribution in [-0.2, 0) is 13.5 Å². The second-order valence-corrected chi connectivity index (χ2v) is 7.81. The third-order valence-electron chi connectivity index (χ3n) is 5.64. The molecule has 32 heavy (non-hydrogen) atoms. The smallest absolute Gasteiger partial charge is 0.253 e. The molecule has 160 valence electrons. The average Bonchev–Trinajstić information content (AvgIpc) is 3.38. The molecular formula is C24H22N6O2. The number of aryl methyl sites for hydroxylation is 1. The van der Waals surface area contributed by atoms with E-state index in [1.165, 1.54) is 0 Å². The Balaban J connectivity index is 1.48. The van der Waals surface area contributed by atoms with Crippen LogP contribution in [0.25, 0.3) is 32.9 Å². The molecule has 8 heteroatoms. The molecule has 0 saturated carbocycles. The standard InChI is InChI=1S/C24H22N6O2/c1-30-13-20(18-10-22(25)27-12-21(18)30)15-8-16-11-28-29-23(16)19(9-15)24(32)26-7-6-14-2-4-17(31)5-3-14/h2-5,8-13,31H,6-7H2,1H3,(H2,25,27)(H,26,32)(H,28,29). The second-order valence-electron chi connectivity index (χ2n) is 7.81. The van der Waals surface area contributed by atoms with Gasteiger partial charge in [-0.25, -0.2) is 4.98 Å². The number of rotatable bonds is 5. The number of anilines is 1. The van der Waals surface area contributed by atoms with Crippen LogP contribution in [-0.4, -0.2) is 37.3 Å². The van der Waals surface area contributed by atoms with Crippen molar-refractivity contribution in [1.82, 2.24) is 25.1 Å². The topological polar surface area (TPSA) is 122 Å². The number of pyridine rings is 1. The molecule has 0 saturated heterocycles. The SMILES string of the molecule is Cn1cc(-c2cc(C(=O)NCCc3ccc(O)cc3)c3[nH]ncc3c2)c2cc(N)ncc21. The van der Waals surface area contributed by atoms with Gasteiger partial charge in [-0.1, -0.05) is 12.1 Å². The number of aromatic hydroxyl groups is 1. The summed E-state index contributed by atoms with van der Waals surface area (Å²) >= 11 is 0.